The highest BCUT2D eigenvalue weighted by Gasteiger charge is 2.41. The molecule has 74 valence electrons. The molecule has 2 rings (SSSR count). The van der Waals surface area contributed by atoms with Gasteiger partial charge in [-0.25, -0.2) is 4.79 Å². The minimum absolute atomic E-state index is 0.179. The van der Waals surface area contributed by atoms with Crippen molar-refractivity contribution in [2.24, 2.45) is 0 Å². The fraction of sp³-hybridized carbons (Fsp3) is 0.889. The van der Waals surface area contributed by atoms with Crippen molar-refractivity contribution in [2.45, 2.75) is 44.4 Å². The van der Waals surface area contributed by atoms with E-state index in [0.717, 1.165) is 19.3 Å². The van der Waals surface area contributed by atoms with Gasteiger partial charge in [0.15, 0.2) is 0 Å². The molecule has 0 unspecified atom stereocenters. The summed E-state index contributed by atoms with van der Waals surface area (Å²) in [6.45, 7) is 2.23. The molecule has 3 atom stereocenters. The van der Waals surface area contributed by atoms with Crippen molar-refractivity contribution in [3.8, 4) is 0 Å². The van der Waals surface area contributed by atoms with Gasteiger partial charge in [-0.1, -0.05) is 0 Å². The van der Waals surface area contributed by atoms with E-state index in [2.05, 4.69) is 5.32 Å². The minimum atomic E-state index is -0.316. The molecule has 2 saturated heterocycles. The Morgan fingerprint density at radius 3 is 3.00 bits per heavy atom. The van der Waals surface area contributed by atoms with Gasteiger partial charge in [-0.05, 0) is 26.2 Å². The van der Waals surface area contributed by atoms with Crippen molar-refractivity contribution >= 4 is 6.09 Å². The number of nitrogens with one attached hydrogen (secondary N) is 1. The van der Waals surface area contributed by atoms with Crippen molar-refractivity contribution in [3.63, 3.8) is 0 Å². The van der Waals surface area contributed by atoms with Crippen LogP contribution in [0, 0.1) is 0 Å². The topological polar surface area (TPSA) is 47.6 Å². The van der Waals surface area contributed by atoms with Gasteiger partial charge in [0, 0.05) is 0 Å². The fourth-order valence-electron chi connectivity index (χ4n) is 2.11. The summed E-state index contributed by atoms with van der Waals surface area (Å²) >= 11 is 0. The number of carbonyl (C=O) groups is 1. The molecule has 2 aliphatic rings. The van der Waals surface area contributed by atoms with Gasteiger partial charge in [-0.3, -0.25) is 0 Å². The van der Waals surface area contributed by atoms with Crippen molar-refractivity contribution < 1.29 is 14.3 Å². The molecule has 0 spiro atoms. The molecule has 2 bridgehead atoms. The van der Waals surface area contributed by atoms with Crippen LogP contribution in [0.2, 0.25) is 0 Å². The number of hydrogen-bond acceptors (Lipinski definition) is 3. The number of amides is 1. The van der Waals surface area contributed by atoms with Crippen LogP contribution in [0.15, 0.2) is 0 Å². The standard InChI is InChI=1S/C9H15NO3/c1-2-12-9(11)10-7-5-6-3-4-8(7)13-6/h6-8H,2-5H2,1H3,(H,10,11)/t6-,7-,8+/m1/s1. The van der Waals surface area contributed by atoms with E-state index in [1.807, 2.05) is 0 Å². The summed E-state index contributed by atoms with van der Waals surface area (Å²) in [5.74, 6) is 0. The van der Waals surface area contributed by atoms with Crippen LogP contribution in [0.25, 0.3) is 0 Å². The largest absolute Gasteiger partial charge is 0.450 e. The molecule has 0 aromatic rings. The third-order valence-corrected chi connectivity index (χ3v) is 2.68. The smallest absolute Gasteiger partial charge is 0.407 e. The van der Waals surface area contributed by atoms with Crippen LogP contribution in [-0.2, 0) is 9.47 Å². The summed E-state index contributed by atoms with van der Waals surface area (Å²) < 4.78 is 10.4. The second-order valence-corrected chi connectivity index (χ2v) is 3.58. The van der Waals surface area contributed by atoms with Crippen LogP contribution >= 0.6 is 0 Å². The maximum absolute atomic E-state index is 11.1. The van der Waals surface area contributed by atoms with E-state index in [1.165, 1.54) is 0 Å². The first-order chi connectivity index (χ1) is 6.29. The lowest BCUT2D eigenvalue weighted by Gasteiger charge is -2.19. The lowest BCUT2D eigenvalue weighted by Crippen LogP contribution is -2.41. The number of fused-ring (bicyclic) bond motifs is 2. The monoisotopic (exact) mass is 185 g/mol. The Kier molecular flexibility index (Phi) is 2.40. The molecule has 2 fully saturated rings. The highest BCUT2D eigenvalue weighted by molar-refractivity contribution is 5.67. The third-order valence-electron chi connectivity index (χ3n) is 2.68. The van der Waals surface area contributed by atoms with Crippen molar-refractivity contribution in [1.29, 1.82) is 0 Å². The van der Waals surface area contributed by atoms with Crippen molar-refractivity contribution in [2.75, 3.05) is 6.61 Å². The Balaban J connectivity index is 1.79. The first-order valence-corrected chi connectivity index (χ1v) is 4.88. The van der Waals surface area contributed by atoms with Gasteiger partial charge >= 0.3 is 6.09 Å². The highest BCUT2D eigenvalue weighted by atomic mass is 16.5. The fourth-order valence-corrected chi connectivity index (χ4v) is 2.11. The first-order valence-electron chi connectivity index (χ1n) is 4.88. The Hall–Kier alpha value is -0.770. The zero-order valence-electron chi connectivity index (χ0n) is 7.79. The number of alkyl carbamates (subject to hydrolysis) is 1. The van der Waals surface area contributed by atoms with Crippen LogP contribution < -0.4 is 5.32 Å². The average molecular weight is 185 g/mol. The average Bonchev–Trinajstić information content (AvgIpc) is 2.65. The van der Waals surface area contributed by atoms with Crippen LogP contribution in [0.3, 0.4) is 0 Å². The van der Waals surface area contributed by atoms with Crippen molar-refractivity contribution in [3.05, 3.63) is 0 Å². The summed E-state index contributed by atoms with van der Waals surface area (Å²) in [6, 6.07) is 0.179. The second-order valence-electron chi connectivity index (χ2n) is 3.58. The maximum Gasteiger partial charge on any atom is 0.407 e. The molecule has 0 aromatic heterocycles. The van der Waals surface area contributed by atoms with Gasteiger partial charge in [0.2, 0.25) is 0 Å². The number of rotatable bonds is 2. The normalized spacial score (nSPS) is 36.2. The number of hydrogen-bond donors (Lipinski definition) is 1. The molecule has 1 amide bonds. The molecule has 0 saturated carbocycles. The van der Waals surface area contributed by atoms with Gasteiger partial charge in [-0.2, -0.15) is 0 Å². The molecule has 0 aliphatic carbocycles. The van der Waals surface area contributed by atoms with Crippen LogP contribution in [0.4, 0.5) is 4.79 Å². The van der Waals surface area contributed by atoms with Crippen molar-refractivity contribution in [1.82, 2.24) is 5.32 Å². The Morgan fingerprint density at radius 2 is 2.46 bits per heavy atom. The number of carbonyl (C=O) groups excluding carboxylic acids is 1. The van der Waals surface area contributed by atoms with E-state index in [1.54, 1.807) is 6.92 Å². The predicted octanol–water partition coefficient (Wildman–Crippen LogP) is 1.05. The van der Waals surface area contributed by atoms with Gasteiger partial charge in [-0.15, -0.1) is 0 Å². The maximum atomic E-state index is 11.1. The van der Waals surface area contributed by atoms with E-state index < -0.39 is 0 Å². The summed E-state index contributed by atoms with van der Waals surface area (Å²) in [5.41, 5.74) is 0. The second kappa shape index (κ2) is 3.54. The van der Waals surface area contributed by atoms with Crippen LogP contribution in [-0.4, -0.2) is 30.9 Å². The van der Waals surface area contributed by atoms with Gasteiger partial charge in [0.25, 0.3) is 0 Å². The predicted molar refractivity (Wildman–Crippen MR) is 46.5 cm³/mol. The highest BCUT2D eigenvalue weighted by Crippen LogP contribution is 2.34. The van der Waals surface area contributed by atoms with E-state index >= 15 is 0 Å². The summed E-state index contributed by atoms with van der Waals surface area (Å²) in [7, 11) is 0. The molecule has 2 aliphatic heterocycles. The third kappa shape index (κ3) is 1.77. The molecule has 4 heteroatoms. The summed E-state index contributed by atoms with van der Waals surface area (Å²) in [6.07, 6.45) is 3.45. The summed E-state index contributed by atoms with van der Waals surface area (Å²) in [5, 5.41) is 2.83. The van der Waals surface area contributed by atoms with E-state index in [4.69, 9.17) is 9.47 Å². The summed E-state index contributed by atoms with van der Waals surface area (Å²) in [4.78, 5) is 11.1. The zero-order valence-corrected chi connectivity index (χ0v) is 7.79. The van der Waals surface area contributed by atoms with E-state index in [0.29, 0.717) is 12.7 Å². The van der Waals surface area contributed by atoms with Crippen LogP contribution in [0.1, 0.15) is 26.2 Å². The molecule has 13 heavy (non-hydrogen) atoms. The van der Waals surface area contributed by atoms with Gasteiger partial charge in [0.05, 0.1) is 24.9 Å². The van der Waals surface area contributed by atoms with E-state index in [-0.39, 0.29) is 18.2 Å². The molecule has 2 heterocycles. The molecule has 0 aromatic carbocycles. The molecular formula is C9H15NO3. The van der Waals surface area contributed by atoms with Gasteiger partial charge in [0.1, 0.15) is 0 Å². The molecule has 0 radical (unpaired) electrons. The Labute approximate surface area is 77.6 Å². The van der Waals surface area contributed by atoms with E-state index in [9.17, 15) is 4.79 Å². The zero-order chi connectivity index (χ0) is 9.26. The lowest BCUT2D eigenvalue weighted by atomic mass is 9.96. The molecular weight excluding hydrogens is 170 g/mol. The van der Waals surface area contributed by atoms with Crippen LogP contribution in [0.5, 0.6) is 0 Å². The Bertz CT molecular complexity index is 207. The molecule has 1 N–H and O–H groups in total. The minimum Gasteiger partial charge on any atom is -0.450 e. The quantitative estimate of drug-likeness (QED) is 0.699. The SMILES string of the molecule is CCOC(=O)N[C@@H]1C[C@H]2CC[C@@H]1O2. The molecule has 4 nitrogen and oxygen atoms in total. The number of ether oxygens (including phenoxy) is 2. The lowest BCUT2D eigenvalue weighted by molar-refractivity contribution is 0.0940. The Morgan fingerprint density at radius 1 is 1.62 bits per heavy atom. The van der Waals surface area contributed by atoms with Gasteiger partial charge < -0.3 is 14.8 Å². The first kappa shape index (κ1) is 8.81.